The first-order valence-electron chi connectivity index (χ1n) is 6.72. The number of amides is 1. The van der Waals surface area contributed by atoms with Crippen LogP contribution in [0.15, 0.2) is 48.5 Å². The number of nitriles is 1. The average molecular weight is 297 g/mol. The van der Waals surface area contributed by atoms with Crippen LogP contribution in [0.5, 0.6) is 0 Å². The summed E-state index contributed by atoms with van der Waals surface area (Å²) in [7, 11) is 0. The lowest BCUT2D eigenvalue weighted by atomic mass is 9.95. The highest BCUT2D eigenvalue weighted by Gasteiger charge is 2.51. The van der Waals surface area contributed by atoms with Crippen molar-refractivity contribution in [3.63, 3.8) is 0 Å². The van der Waals surface area contributed by atoms with Crippen molar-refractivity contribution in [3.05, 3.63) is 64.7 Å². The van der Waals surface area contributed by atoms with E-state index in [4.69, 9.17) is 16.9 Å². The molecule has 3 nitrogen and oxygen atoms in total. The second-order valence-electron chi connectivity index (χ2n) is 5.21. The van der Waals surface area contributed by atoms with Gasteiger partial charge in [0, 0.05) is 5.69 Å². The maximum absolute atomic E-state index is 12.5. The highest BCUT2D eigenvalue weighted by molar-refractivity contribution is 6.32. The number of halogens is 1. The van der Waals surface area contributed by atoms with Gasteiger partial charge in [0.2, 0.25) is 5.91 Å². The van der Waals surface area contributed by atoms with E-state index in [0.29, 0.717) is 16.3 Å². The number of carbonyl (C=O) groups is 1. The van der Waals surface area contributed by atoms with E-state index in [1.54, 1.807) is 18.2 Å². The van der Waals surface area contributed by atoms with Crippen LogP contribution in [-0.4, -0.2) is 5.91 Å². The molecule has 0 atom stereocenters. The third-order valence-corrected chi connectivity index (χ3v) is 4.17. The Hall–Kier alpha value is -2.31. The van der Waals surface area contributed by atoms with E-state index >= 15 is 0 Å². The minimum Gasteiger partial charge on any atom is -0.325 e. The molecule has 1 aliphatic rings. The third kappa shape index (κ3) is 2.51. The SMILES string of the molecule is N#Cc1ccc(NC(=O)C2(c3ccccc3)CC2)cc1Cl. The molecular formula is C17H13ClN2O. The highest BCUT2D eigenvalue weighted by Crippen LogP contribution is 2.48. The first kappa shape index (κ1) is 13.7. The fourth-order valence-electron chi connectivity index (χ4n) is 2.46. The van der Waals surface area contributed by atoms with Gasteiger partial charge in [0.1, 0.15) is 6.07 Å². The van der Waals surface area contributed by atoms with Crippen LogP contribution in [0.25, 0.3) is 0 Å². The van der Waals surface area contributed by atoms with Crippen LogP contribution in [0.3, 0.4) is 0 Å². The van der Waals surface area contributed by atoms with E-state index in [1.807, 2.05) is 36.4 Å². The second kappa shape index (κ2) is 5.23. The molecule has 0 aromatic heterocycles. The van der Waals surface area contributed by atoms with Crippen molar-refractivity contribution in [2.75, 3.05) is 5.32 Å². The molecule has 1 aliphatic carbocycles. The molecule has 1 fully saturated rings. The molecule has 104 valence electrons. The zero-order valence-electron chi connectivity index (χ0n) is 11.3. The van der Waals surface area contributed by atoms with Gasteiger partial charge in [-0.15, -0.1) is 0 Å². The quantitative estimate of drug-likeness (QED) is 0.934. The van der Waals surface area contributed by atoms with Crippen LogP contribution in [0, 0.1) is 11.3 Å². The first-order chi connectivity index (χ1) is 10.2. The number of rotatable bonds is 3. The number of nitrogens with zero attached hydrogens (tertiary/aromatic N) is 1. The van der Waals surface area contributed by atoms with E-state index in [0.717, 1.165) is 18.4 Å². The molecule has 0 saturated heterocycles. The van der Waals surface area contributed by atoms with Crippen LogP contribution < -0.4 is 5.32 Å². The summed E-state index contributed by atoms with van der Waals surface area (Å²) < 4.78 is 0. The predicted octanol–water partition coefficient (Wildman–Crippen LogP) is 3.88. The van der Waals surface area contributed by atoms with Gasteiger partial charge in [0.15, 0.2) is 0 Å². The maximum Gasteiger partial charge on any atom is 0.235 e. The Labute approximate surface area is 128 Å². The van der Waals surface area contributed by atoms with Gasteiger partial charge in [-0.3, -0.25) is 4.79 Å². The summed E-state index contributed by atoms with van der Waals surface area (Å²) in [6.45, 7) is 0. The summed E-state index contributed by atoms with van der Waals surface area (Å²) in [5.74, 6) is -0.0190. The van der Waals surface area contributed by atoms with Gasteiger partial charge in [-0.05, 0) is 36.6 Å². The van der Waals surface area contributed by atoms with Crippen molar-refractivity contribution in [3.8, 4) is 6.07 Å². The molecule has 0 spiro atoms. The summed E-state index contributed by atoms with van der Waals surface area (Å²) in [6, 6.07) is 16.7. The van der Waals surface area contributed by atoms with Gasteiger partial charge in [-0.1, -0.05) is 41.9 Å². The second-order valence-corrected chi connectivity index (χ2v) is 5.62. The molecular weight excluding hydrogens is 284 g/mol. The van der Waals surface area contributed by atoms with E-state index in [2.05, 4.69) is 5.32 Å². The Balaban J connectivity index is 1.81. The molecule has 4 heteroatoms. The van der Waals surface area contributed by atoms with E-state index in [1.165, 1.54) is 0 Å². The Morgan fingerprint density at radius 1 is 1.19 bits per heavy atom. The number of carbonyl (C=O) groups excluding carboxylic acids is 1. The molecule has 2 aromatic carbocycles. The minimum absolute atomic E-state index is 0.0190. The number of anilines is 1. The van der Waals surface area contributed by atoms with Crippen molar-refractivity contribution in [1.29, 1.82) is 5.26 Å². The van der Waals surface area contributed by atoms with Crippen molar-refractivity contribution < 1.29 is 4.79 Å². The highest BCUT2D eigenvalue weighted by atomic mass is 35.5. The number of nitrogens with one attached hydrogen (secondary N) is 1. The van der Waals surface area contributed by atoms with Crippen molar-refractivity contribution in [2.45, 2.75) is 18.3 Å². The topological polar surface area (TPSA) is 52.9 Å². The van der Waals surface area contributed by atoms with Crippen LogP contribution >= 0.6 is 11.6 Å². The number of benzene rings is 2. The van der Waals surface area contributed by atoms with Crippen molar-refractivity contribution >= 4 is 23.2 Å². The lowest BCUT2D eigenvalue weighted by Gasteiger charge is -2.16. The van der Waals surface area contributed by atoms with E-state index < -0.39 is 5.41 Å². The molecule has 0 bridgehead atoms. The Bertz CT molecular complexity index is 730. The molecule has 1 saturated carbocycles. The Kier molecular flexibility index (Phi) is 3.40. The van der Waals surface area contributed by atoms with Gasteiger partial charge >= 0.3 is 0 Å². The minimum atomic E-state index is -0.415. The lowest BCUT2D eigenvalue weighted by Crippen LogP contribution is -2.27. The molecule has 0 heterocycles. The summed E-state index contributed by atoms with van der Waals surface area (Å²) in [4.78, 5) is 12.5. The molecule has 3 rings (SSSR count). The standard InChI is InChI=1S/C17H13ClN2O/c18-15-10-14(7-6-12(15)11-19)20-16(21)17(8-9-17)13-4-2-1-3-5-13/h1-7,10H,8-9H2,(H,20,21). The molecule has 0 unspecified atom stereocenters. The summed E-state index contributed by atoms with van der Waals surface area (Å²) >= 11 is 5.99. The number of hydrogen-bond donors (Lipinski definition) is 1. The molecule has 1 N–H and O–H groups in total. The zero-order chi connectivity index (χ0) is 14.9. The van der Waals surface area contributed by atoms with Crippen LogP contribution in [0.4, 0.5) is 5.69 Å². The van der Waals surface area contributed by atoms with Crippen molar-refractivity contribution in [2.24, 2.45) is 0 Å². The summed E-state index contributed by atoms with van der Waals surface area (Å²) in [5, 5.41) is 12.1. The third-order valence-electron chi connectivity index (χ3n) is 3.86. The van der Waals surface area contributed by atoms with Crippen LogP contribution in [0.1, 0.15) is 24.0 Å². The van der Waals surface area contributed by atoms with Gasteiger partial charge in [-0.2, -0.15) is 5.26 Å². The monoisotopic (exact) mass is 296 g/mol. The van der Waals surface area contributed by atoms with Crippen LogP contribution in [0.2, 0.25) is 5.02 Å². The smallest absolute Gasteiger partial charge is 0.235 e. The molecule has 2 aromatic rings. The maximum atomic E-state index is 12.5. The normalized spacial score (nSPS) is 15.0. The van der Waals surface area contributed by atoms with E-state index in [9.17, 15) is 4.79 Å². The van der Waals surface area contributed by atoms with Crippen LogP contribution in [-0.2, 0) is 10.2 Å². The number of hydrogen-bond acceptors (Lipinski definition) is 2. The fraction of sp³-hybridized carbons (Fsp3) is 0.176. The lowest BCUT2D eigenvalue weighted by molar-refractivity contribution is -0.118. The van der Waals surface area contributed by atoms with E-state index in [-0.39, 0.29) is 5.91 Å². The Morgan fingerprint density at radius 2 is 1.90 bits per heavy atom. The summed E-state index contributed by atoms with van der Waals surface area (Å²) in [6.07, 6.45) is 1.71. The van der Waals surface area contributed by atoms with Crippen molar-refractivity contribution in [1.82, 2.24) is 0 Å². The van der Waals surface area contributed by atoms with Gasteiger partial charge < -0.3 is 5.32 Å². The summed E-state index contributed by atoms with van der Waals surface area (Å²) in [5.41, 5.74) is 1.65. The largest absolute Gasteiger partial charge is 0.325 e. The van der Waals surface area contributed by atoms with Gasteiger partial charge in [-0.25, -0.2) is 0 Å². The van der Waals surface area contributed by atoms with Gasteiger partial charge in [0.05, 0.1) is 16.0 Å². The molecule has 1 amide bonds. The fourth-order valence-corrected chi connectivity index (χ4v) is 2.69. The van der Waals surface area contributed by atoms with Gasteiger partial charge in [0.25, 0.3) is 0 Å². The zero-order valence-corrected chi connectivity index (χ0v) is 12.0. The molecule has 0 aliphatic heterocycles. The Morgan fingerprint density at radius 3 is 2.48 bits per heavy atom. The average Bonchev–Trinajstić information content (AvgIpc) is 3.30. The molecule has 21 heavy (non-hydrogen) atoms. The molecule has 0 radical (unpaired) electrons. The first-order valence-corrected chi connectivity index (χ1v) is 7.10. The predicted molar refractivity (Wildman–Crippen MR) is 82.2 cm³/mol.